The molecule has 1 spiro atoms. The normalized spacial score (nSPS) is 17.5. The number of amides is 1. The van der Waals surface area contributed by atoms with Crippen LogP contribution in [-0.4, -0.2) is 51.9 Å². The second-order valence-electron chi connectivity index (χ2n) is 8.36. The average Bonchev–Trinajstić information content (AvgIpc) is 3.08. The predicted octanol–water partition coefficient (Wildman–Crippen LogP) is 3.38. The number of nitrogens with zero attached hydrogens (tertiary/aromatic N) is 3. The van der Waals surface area contributed by atoms with Crippen molar-refractivity contribution in [3.05, 3.63) is 53.9 Å². The molecule has 7 nitrogen and oxygen atoms in total. The summed E-state index contributed by atoms with van der Waals surface area (Å²) in [7, 11) is 1.59. The number of likely N-dealkylation sites (tertiary alicyclic amines) is 1. The van der Waals surface area contributed by atoms with Gasteiger partial charge in [0.15, 0.2) is 5.78 Å². The fourth-order valence-electron chi connectivity index (χ4n) is 4.67. The number of aromatic nitrogens is 2. The monoisotopic (exact) mass is 419 g/mol. The zero-order chi connectivity index (χ0) is 21.6. The minimum absolute atomic E-state index is 0.0605. The van der Waals surface area contributed by atoms with E-state index in [1.165, 1.54) is 0 Å². The van der Waals surface area contributed by atoms with Gasteiger partial charge in [-0.1, -0.05) is 12.1 Å². The van der Waals surface area contributed by atoms with Crippen molar-refractivity contribution < 1.29 is 19.1 Å². The summed E-state index contributed by atoms with van der Waals surface area (Å²) in [6.07, 6.45) is 1.61. The van der Waals surface area contributed by atoms with Crippen LogP contribution in [0.25, 0.3) is 11.0 Å². The number of Topliss-reactive ketones (excluding diaryl/α,β-unsaturated/α-hetero) is 1. The lowest BCUT2D eigenvalue weighted by Crippen LogP contribution is -2.52. The highest BCUT2D eigenvalue weighted by Crippen LogP contribution is 2.40. The molecule has 5 rings (SSSR count). The molecule has 7 heteroatoms. The maximum absolute atomic E-state index is 13.0. The average molecular weight is 419 g/mol. The first-order valence-corrected chi connectivity index (χ1v) is 10.6. The van der Waals surface area contributed by atoms with Crippen molar-refractivity contribution in [1.29, 1.82) is 0 Å². The molecule has 0 aliphatic carbocycles. The van der Waals surface area contributed by atoms with Gasteiger partial charge in [0.2, 0.25) is 5.91 Å². The molecule has 160 valence electrons. The van der Waals surface area contributed by atoms with E-state index in [0.717, 1.165) is 16.9 Å². The number of para-hydroxylation sites is 2. The van der Waals surface area contributed by atoms with Crippen LogP contribution in [0.4, 0.5) is 0 Å². The Hall–Kier alpha value is -3.35. The van der Waals surface area contributed by atoms with E-state index in [1.807, 2.05) is 40.7 Å². The van der Waals surface area contributed by atoms with Crippen LogP contribution in [0, 0.1) is 6.92 Å². The molecule has 1 saturated heterocycles. The van der Waals surface area contributed by atoms with E-state index in [-0.39, 0.29) is 18.2 Å². The Labute approximate surface area is 180 Å². The molecule has 0 saturated carbocycles. The summed E-state index contributed by atoms with van der Waals surface area (Å²) in [4.78, 5) is 32.2. The van der Waals surface area contributed by atoms with Crippen molar-refractivity contribution in [2.75, 3.05) is 20.2 Å². The molecule has 0 atom stereocenters. The summed E-state index contributed by atoms with van der Waals surface area (Å²) < 4.78 is 13.6. The first-order chi connectivity index (χ1) is 15.0. The van der Waals surface area contributed by atoms with Crippen LogP contribution in [0.2, 0.25) is 0 Å². The second kappa shape index (κ2) is 7.41. The molecule has 2 aromatic carbocycles. The zero-order valence-corrected chi connectivity index (χ0v) is 17.8. The van der Waals surface area contributed by atoms with Crippen molar-refractivity contribution >= 4 is 22.7 Å². The molecule has 3 heterocycles. The van der Waals surface area contributed by atoms with Crippen LogP contribution in [0.1, 0.15) is 35.4 Å². The van der Waals surface area contributed by atoms with Gasteiger partial charge in [-0.25, -0.2) is 4.98 Å². The molecule has 2 aliphatic heterocycles. The number of carbonyl (C=O) groups is 2. The number of ketones is 1. The van der Waals surface area contributed by atoms with Gasteiger partial charge in [0, 0.05) is 32.0 Å². The first-order valence-electron chi connectivity index (χ1n) is 10.6. The molecule has 1 fully saturated rings. The van der Waals surface area contributed by atoms with Crippen LogP contribution in [-0.2, 0) is 11.3 Å². The van der Waals surface area contributed by atoms with Crippen LogP contribution in [0.5, 0.6) is 11.5 Å². The summed E-state index contributed by atoms with van der Waals surface area (Å²) >= 11 is 0. The zero-order valence-electron chi connectivity index (χ0n) is 17.8. The fourth-order valence-corrected chi connectivity index (χ4v) is 4.67. The molecule has 0 radical (unpaired) electrons. The molecule has 0 bridgehead atoms. The van der Waals surface area contributed by atoms with Crippen LogP contribution < -0.4 is 9.47 Å². The number of fused-ring (bicyclic) bond motifs is 2. The lowest BCUT2D eigenvalue weighted by atomic mass is 9.82. The standard InChI is InChI=1S/C24H25N3O4/c1-16-25-19-5-3-4-6-20(19)27(16)15-23(29)26-11-9-24(10-12-26)14-21(28)18-8-7-17(30-2)13-22(18)31-24/h3-8,13H,9-12,14-15H2,1-2H3. The van der Waals surface area contributed by atoms with Crippen molar-refractivity contribution in [1.82, 2.24) is 14.5 Å². The Kier molecular flexibility index (Phi) is 4.68. The predicted molar refractivity (Wildman–Crippen MR) is 116 cm³/mol. The van der Waals surface area contributed by atoms with Gasteiger partial charge in [-0.05, 0) is 31.2 Å². The Bertz CT molecular complexity index is 1170. The summed E-state index contributed by atoms with van der Waals surface area (Å²) in [5, 5.41) is 0. The second-order valence-corrected chi connectivity index (χ2v) is 8.36. The van der Waals surface area contributed by atoms with E-state index in [2.05, 4.69) is 4.98 Å². The van der Waals surface area contributed by atoms with Crippen LogP contribution >= 0.6 is 0 Å². The summed E-state index contributed by atoms with van der Waals surface area (Å²) in [5.74, 6) is 2.22. The highest BCUT2D eigenvalue weighted by molar-refractivity contribution is 6.00. The van der Waals surface area contributed by atoms with Gasteiger partial charge in [-0.2, -0.15) is 0 Å². The van der Waals surface area contributed by atoms with Gasteiger partial charge in [0.25, 0.3) is 0 Å². The molecule has 31 heavy (non-hydrogen) atoms. The lowest BCUT2D eigenvalue weighted by molar-refractivity contribution is -0.135. The summed E-state index contributed by atoms with van der Waals surface area (Å²) in [6.45, 7) is 3.32. The van der Waals surface area contributed by atoms with Crippen molar-refractivity contribution in [3.63, 3.8) is 0 Å². The smallest absolute Gasteiger partial charge is 0.242 e. The Morgan fingerprint density at radius 3 is 2.74 bits per heavy atom. The van der Waals surface area contributed by atoms with Gasteiger partial charge in [-0.3, -0.25) is 9.59 Å². The molecular weight excluding hydrogens is 394 g/mol. The molecular formula is C24H25N3O4. The van der Waals surface area contributed by atoms with Gasteiger partial charge in [0.1, 0.15) is 29.5 Å². The maximum Gasteiger partial charge on any atom is 0.242 e. The van der Waals surface area contributed by atoms with E-state index < -0.39 is 5.60 Å². The highest BCUT2D eigenvalue weighted by Gasteiger charge is 2.43. The number of carbonyl (C=O) groups excluding carboxylic acids is 2. The Balaban J connectivity index is 1.29. The molecule has 1 aromatic heterocycles. The van der Waals surface area contributed by atoms with E-state index in [9.17, 15) is 9.59 Å². The minimum Gasteiger partial charge on any atom is -0.497 e. The first kappa shape index (κ1) is 19.6. The van der Waals surface area contributed by atoms with E-state index >= 15 is 0 Å². The third-order valence-corrected chi connectivity index (χ3v) is 6.46. The Morgan fingerprint density at radius 2 is 1.97 bits per heavy atom. The summed E-state index contributed by atoms with van der Waals surface area (Å²) in [6, 6.07) is 13.2. The number of imidazole rings is 1. The number of methoxy groups -OCH3 is 1. The van der Waals surface area contributed by atoms with Gasteiger partial charge < -0.3 is 18.9 Å². The Morgan fingerprint density at radius 1 is 1.19 bits per heavy atom. The van der Waals surface area contributed by atoms with Crippen molar-refractivity contribution in [3.8, 4) is 11.5 Å². The summed E-state index contributed by atoms with van der Waals surface area (Å²) in [5.41, 5.74) is 1.92. The number of ether oxygens (including phenoxy) is 2. The fraction of sp³-hybridized carbons (Fsp3) is 0.375. The molecule has 0 N–H and O–H groups in total. The van der Waals surface area contributed by atoms with Crippen molar-refractivity contribution in [2.45, 2.75) is 38.3 Å². The molecule has 1 amide bonds. The quantitative estimate of drug-likeness (QED) is 0.651. The van der Waals surface area contributed by atoms with E-state index in [4.69, 9.17) is 9.47 Å². The number of aryl methyl sites for hydroxylation is 1. The minimum atomic E-state index is -0.551. The maximum atomic E-state index is 13.0. The third-order valence-electron chi connectivity index (χ3n) is 6.46. The van der Waals surface area contributed by atoms with Gasteiger partial charge >= 0.3 is 0 Å². The van der Waals surface area contributed by atoms with Gasteiger partial charge in [-0.15, -0.1) is 0 Å². The number of hydrogen-bond donors (Lipinski definition) is 0. The largest absolute Gasteiger partial charge is 0.497 e. The lowest BCUT2D eigenvalue weighted by Gasteiger charge is -2.44. The number of benzene rings is 2. The molecule has 2 aliphatic rings. The number of piperidine rings is 1. The third kappa shape index (κ3) is 3.44. The van der Waals surface area contributed by atoms with Crippen LogP contribution in [0.15, 0.2) is 42.5 Å². The van der Waals surface area contributed by atoms with E-state index in [0.29, 0.717) is 49.4 Å². The number of hydrogen-bond acceptors (Lipinski definition) is 5. The van der Waals surface area contributed by atoms with Crippen molar-refractivity contribution in [2.24, 2.45) is 0 Å². The van der Waals surface area contributed by atoms with E-state index in [1.54, 1.807) is 25.3 Å². The molecule has 0 unspecified atom stereocenters. The molecule has 3 aromatic rings. The van der Waals surface area contributed by atoms with Crippen LogP contribution in [0.3, 0.4) is 0 Å². The number of rotatable bonds is 3. The van der Waals surface area contributed by atoms with Gasteiger partial charge in [0.05, 0.1) is 30.1 Å². The highest BCUT2D eigenvalue weighted by atomic mass is 16.5. The topological polar surface area (TPSA) is 73.7 Å². The SMILES string of the molecule is COc1ccc2c(c1)OC1(CCN(C(=O)Cn3c(C)nc4ccccc43)CC1)CC2=O.